The van der Waals surface area contributed by atoms with Crippen molar-refractivity contribution in [3.05, 3.63) is 0 Å². The standard InChI is InChI=1S/C18H39NO4Si/c1-6-19(7-2)16-13-15-18(14-11-12-17-20-18)24(21-8-3,22-9-4)23-10-5/h6-17H2,1-5H3. The van der Waals surface area contributed by atoms with Gasteiger partial charge >= 0.3 is 8.80 Å². The van der Waals surface area contributed by atoms with E-state index in [2.05, 4.69) is 18.7 Å². The summed E-state index contributed by atoms with van der Waals surface area (Å²) >= 11 is 0. The van der Waals surface area contributed by atoms with Crippen LogP contribution in [0.4, 0.5) is 0 Å². The van der Waals surface area contributed by atoms with Crippen LogP contribution in [0.15, 0.2) is 0 Å². The molecule has 0 N–H and O–H groups in total. The minimum atomic E-state index is -2.88. The summed E-state index contributed by atoms with van der Waals surface area (Å²) in [5.41, 5.74) is 0. The summed E-state index contributed by atoms with van der Waals surface area (Å²) in [7, 11) is -2.88. The summed E-state index contributed by atoms with van der Waals surface area (Å²) in [5.74, 6) is 0. The summed E-state index contributed by atoms with van der Waals surface area (Å²) in [5, 5.41) is -0.375. The zero-order valence-electron chi connectivity index (χ0n) is 16.6. The molecule has 24 heavy (non-hydrogen) atoms. The van der Waals surface area contributed by atoms with E-state index in [0.717, 1.165) is 58.3 Å². The average Bonchev–Trinajstić information content (AvgIpc) is 2.60. The molecule has 1 atom stereocenters. The van der Waals surface area contributed by atoms with Crippen LogP contribution >= 0.6 is 0 Å². The van der Waals surface area contributed by atoms with Crippen molar-refractivity contribution in [3.63, 3.8) is 0 Å². The summed E-state index contributed by atoms with van der Waals surface area (Å²) in [6.45, 7) is 16.4. The molecule has 0 saturated carbocycles. The Hall–Kier alpha value is 0.0169. The van der Waals surface area contributed by atoms with Crippen LogP contribution in [0.3, 0.4) is 0 Å². The predicted molar refractivity (Wildman–Crippen MR) is 100 cm³/mol. The highest BCUT2D eigenvalue weighted by atomic mass is 28.4. The zero-order chi connectivity index (χ0) is 17.9. The van der Waals surface area contributed by atoms with E-state index in [9.17, 15) is 0 Å². The molecule has 1 aliphatic rings. The Morgan fingerprint density at radius 3 is 1.92 bits per heavy atom. The van der Waals surface area contributed by atoms with Gasteiger partial charge in [-0.2, -0.15) is 0 Å². The van der Waals surface area contributed by atoms with Crippen LogP contribution in [0.2, 0.25) is 0 Å². The van der Waals surface area contributed by atoms with E-state index in [1.807, 2.05) is 20.8 Å². The highest BCUT2D eigenvalue weighted by Gasteiger charge is 2.62. The topological polar surface area (TPSA) is 40.2 Å². The Morgan fingerprint density at radius 1 is 0.917 bits per heavy atom. The lowest BCUT2D eigenvalue weighted by Crippen LogP contribution is -2.67. The quantitative estimate of drug-likeness (QED) is 0.468. The summed E-state index contributed by atoms with van der Waals surface area (Å²) < 4.78 is 25.1. The molecule has 1 rings (SSSR count). The Kier molecular flexibility index (Phi) is 10.7. The van der Waals surface area contributed by atoms with E-state index >= 15 is 0 Å². The fraction of sp³-hybridized carbons (Fsp3) is 1.00. The molecule has 1 saturated heterocycles. The first kappa shape index (κ1) is 22.1. The third kappa shape index (κ3) is 5.51. The van der Waals surface area contributed by atoms with Crippen LogP contribution in [0.25, 0.3) is 0 Å². The lowest BCUT2D eigenvalue weighted by atomic mass is 10.0. The van der Waals surface area contributed by atoms with E-state index in [1.54, 1.807) is 0 Å². The van der Waals surface area contributed by atoms with Gasteiger partial charge in [0, 0.05) is 26.4 Å². The van der Waals surface area contributed by atoms with Crippen LogP contribution in [0, 0.1) is 0 Å². The van der Waals surface area contributed by atoms with Gasteiger partial charge in [0.15, 0.2) is 0 Å². The number of nitrogens with zero attached hydrogens (tertiary/aromatic N) is 1. The second kappa shape index (κ2) is 11.6. The van der Waals surface area contributed by atoms with Gasteiger partial charge in [-0.05, 0) is 72.5 Å². The van der Waals surface area contributed by atoms with Gasteiger partial charge in [-0.15, -0.1) is 0 Å². The maximum Gasteiger partial charge on any atom is 0.534 e. The van der Waals surface area contributed by atoms with Crippen LogP contribution in [0.1, 0.15) is 66.7 Å². The molecule has 0 spiro atoms. The third-order valence-corrected chi connectivity index (χ3v) is 8.63. The van der Waals surface area contributed by atoms with Crippen LogP contribution < -0.4 is 0 Å². The van der Waals surface area contributed by atoms with Gasteiger partial charge in [-0.25, -0.2) is 0 Å². The fourth-order valence-electron chi connectivity index (χ4n) is 3.66. The first-order valence-corrected chi connectivity index (χ1v) is 11.6. The average molecular weight is 362 g/mol. The van der Waals surface area contributed by atoms with E-state index in [4.69, 9.17) is 18.0 Å². The second-order valence-corrected chi connectivity index (χ2v) is 9.18. The largest absolute Gasteiger partial charge is 0.534 e. The maximum atomic E-state index is 6.41. The number of hydrogen-bond acceptors (Lipinski definition) is 5. The third-order valence-electron chi connectivity index (χ3n) is 4.86. The molecule has 0 aromatic carbocycles. The Morgan fingerprint density at radius 2 is 1.50 bits per heavy atom. The Bertz CT molecular complexity index is 303. The van der Waals surface area contributed by atoms with Crippen molar-refractivity contribution in [1.29, 1.82) is 0 Å². The molecular weight excluding hydrogens is 322 g/mol. The molecule has 0 amide bonds. The monoisotopic (exact) mass is 361 g/mol. The SMILES string of the molecule is CCO[Si](OCC)(OCC)C1(CCCN(CC)CC)CCCCO1. The molecule has 0 aromatic rings. The highest BCUT2D eigenvalue weighted by molar-refractivity contribution is 6.64. The summed E-state index contributed by atoms with van der Waals surface area (Å²) in [6.07, 6.45) is 5.30. The predicted octanol–water partition coefficient (Wildman–Crippen LogP) is 3.64. The highest BCUT2D eigenvalue weighted by Crippen LogP contribution is 2.40. The molecule has 0 aliphatic carbocycles. The van der Waals surface area contributed by atoms with Crippen molar-refractivity contribution in [2.45, 2.75) is 71.9 Å². The van der Waals surface area contributed by atoms with E-state index in [0.29, 0.717) is 19.8 Å². The van der Waals surface area contributed by atoms with Crippen LogP contribution in [-0.2, 0) is 18.0 Å². The first-order valence-electron chi connectivity index (χ1n) is 9.91. The summed E-state index contributed by atoms with van der Waals surface area (Å²) in [6, 6.07) is 0. The van der Waals surface area contributed by atoms with Crippen molar-refractivity contribution >= 4 is 8.80 Å². The second-order valence-electron chi connectivity index (χ2n) is 6.29. The molecule has 1 aliphatic heterocycles. The van der Waals surface area contributed by atoms with Gasteiger partial charge in [0.25, 0.3) is 0 Å². The fourth-order valence-corrected chi connectivity index (χ4v) is 7.09. The van der Waals surface area contributed by atoms with Crippen molar-refractivity contribution in [3.8, 4) is 0 Å². The van der Waals surface area contributed by atoms with Gasteiger partial charge < -0.3 is 22.9 Å². The maximum absolute atomic E-state index is 6.41. The number of ether oxygens (including phenoxy) is 1. The normalized spacial score (nSPS) is 22.2. The van der Waals surface area contributed by atoms with Crippen LogP contribution in [0.5, 0.6) is 0 Å². The molecule has 144 valence electrons. The van der Waals surface area contributed by atoms with Crippen molar-refractivity contribution in [2.24, 2.45) is 0 Å². The van der Waals surface area contributed by atoms with E-state index in [-0.39, 0.29) is 5.22 Å². The van der Waals surface area contributed by atoms with Crippen molar-refractivity contribution in [1.82, 2.24) is 4.90 Å². The van der Waals surface area contributed by atoms with Crippen molar-refractivity contribution < 1.29 is 18.0 Å². The minimum absolute atomic E-state index is 0.375. The van der Waals surface area contributed by atoms with Crippen molar-refractivity contribution in [2.75, 3.05) is 46.1 Å². The smallest absolute Gasteiger partial charge is 0.372 e. The van der Waals surface area contributed by atoms with Crippen LogP contribution in [-0.4, -0.2) is 65.0 Å². The van der Waals surface area contributed by atoms with Gasteiger partial charge in [0.1, 0.15) is 5.22 Å². The van der Waals surface area contributed by atoms with E-state index in [1.165, 1.54) is 0 Å². The molecule has 5 nitrogen and oxygen atoms in total. The molecular formula is C18H39NO4Si. The molecule has 1 heterocycles. The Labute approximate surface area is 150 Å². The molecule has 0 bridgehead atoms. The van der Waals surface area contributed by atoms with Gasteiger partial charge in [0.2, 0.25) is 0 Å². The lowest BCUT2D eigenvalue weighted by Gasteiger charge is -2.47. The van der Waals surface area contributed by atoms with Gasteiger partial charge in [-0.3, -0.25) is 0 Å². The van der Waals surface area contributed by atoms with E-state index < -0.39 is 8.80 Å². The molecule has 1 fully saturated rings. The van der Waals surface area contributed by atoms with Gasteiger partial charge in [0.05, 0.1) is 0 Å². The Balaban J connectivity index is 2.95. The first-order chi connectivity index (χ1) is 11.6. The number of rotatable bonds is 13. The zero-order valence-corrected chi connectivity index (χ0v) is 17.6. The summed E-state index contributed by atoms with van der Waals surface area (Å²) in [4.78, 5) is 2.46. The molecule has 0 aromatic heterocycles. The lowest BCUT2D eigenvalue weighted by molar-refractivity contribution is -0.0988. The minimum Gasteiger partial charge on any atom is -0.372 e. The number of hydrogen-bond donors (Lipinski definition) is 0. The van der Waals surface area contributed by atoms with Gasteiger partial charge in [-0.1, -0.05) is 13.8 Å². The molecule has 6 heteroatoms. The molecule has 1 unspecified atom stereocenters. The molecule has 0 radical (unpaired) electrons.